The molecular weight excluding hydrogens is 364 g/mol. The molecule has 1 amide bonds. The maximum atomic E-state index is 12.5. The molecule has 6 heteroatoms. The lowest BCUT2D eigenvalue weighted by Crippen LogP contribution is -2.47. The summed E-state index contributed by atoms with van der Waals surface area (Å²) in [5.41, 5.74) is 3.67. The summed E-state index contributed by atoms with van der Waals surface area (Å²) in [5, 5.41) is 4.57. The van der Waals surface area contributed by atoms with E-state index in [2.05, 4.69) is 10.5 Å². The first-order valence-corrected chi connectivity index (χ1v) is 10.1. The minimum Gasteiger partial charge on any atom is -0.493 e. The zero-order valence-electron chi connectivity index (χ0n) is 16.0. The van der Waals surface area contributed by atoms with E-state index in [0.717, 1.165) is 23.3 Å². The van der Waals surface area contributed by atoms with Gasteiger partial charge in [-0.05, 0) is 79.4 Å². The van der Waals surface area contributed by atoms with Crippen LogP contribution in [-0.4, -0.2) is 26.3 Å². The summed E-state index contributed by atoms with van der Waals surface area (Å²) in [7, 11) is 3.10. The van der Waals surface area contributed by atoms with E-state index in [1.807, 2.05) is 0 Å². The Hall–Kier alpha value is -1.75. The second kappa shape index (κ2) is 7.34. The molecule has 0 saturated heterocycles. The van der Waals surface area contributed by atoms with Crippen LogP contribution >= 0.6 is 11.6 Å². The van der Waals surface area contributed by atoms with Gasteiger partial charge in [0.1, 0.15) is 0 Å². The molecule has 4 fully saturated rings. The van der Waals surface area contributed by atoms with E-state index in [-0.39, 0.29) is 11.3 Å². The van der Waals surface area contributed by atoms with E-state index in [9.17, 15) is 4.79 Å². The molecule has 0 aromatic heterocycles. The van der Waals surface area contributed by atoms with Crippen LogP contribution in [0.25, 0.3) is 0 Å². The zero-order valence-corrected chi connectivity index (χ0v) is 16.7. The van der Waals surface area contributed by atoms with E-state index in [1.54, 1.807) is 32.6 Å². The Kier molecular flexibility index (Phi) is 5.06. The predicted molar refractivity (Wildman–Crippen MR) is 106 cm³/mol. The van der Waals surface area contributed by atoms with Gasteiger partial charge in [0.15, 0.2) is 11.5 Å². The molecule has 5 rings (SSSR count). The number of carbonyl (C=O) groups is 1. The van der Waals surface area contributed by atoms with E-state index >= 15 is 0 Å². The van der Waals surface area contributed by atoms with Crippen molar-refractivity contribution in [3.63, 3.8) is 0 Å². The molecule has 0 spiro atoms. The van der Waals surface area contributed by atoms with E-state index in [0.29, 0.717) is 22.9 Å². The highest BCUT2D eigenvalue weighted by molar-refractivity contribution is 6.32. The highest BCUT2D eigenvalue weighted by atomic mass is 35.5. The van der Waals surface area contributed by atoms with Crippen molar-refractivity contribution in [1.82, 2.24) is 5.43 Å². The number of hydrogen-bond acceptors (Lipinski definition) is 4. The fourth-order valence-corrected chi connectivity index (χ4v) is 6.37. The number of hydrogen-bond donors (Lipinski definition) is 1. The van der Waals surface area contributed by atoms with Gasteiger partial charge in [0.25, 0.3) is 0 Å². The second-order valence-corrected chi connectivity index (χ2v) is 9.03. The lowest BCUT2D eigenvalue weighted by atomic mass is 9.49. The average molecular weight is 391 g/mol. The maximum Gasteiger partial charge on any atom is 0.240 e. The van der Waals surface area contributed by atoms with Crippen molar-refractivity contribution in [2.45, 2.75) is 44.9 Å². The normalized spacial score (nSPS) is 31.3. The molecule has 0 aliphatic heterocycles. The van der Waals surface area contributed by atoms with Crippen LogP contribution in [0.3, 0.4) is 0 Å². The summed E-state index contributed by atoms with van der Waals surface area (Å²) in [5.74, 6) is 3.58. The van der Waals surface area contributed by atoms with Gasteiger partial charge in [-0.1, -0.05) is 11.6 Å². The van der Waals surface area contributed by atoms with Gasteiger partial charge in [-0.2, -0.15) is 5.10 Å². The van der Waals surface area contributed by atoms with Crippen LogP contribution in [0.2, 0.25) is 5.02 Å². The monoisotopic (exact) mass is 390 g/mol. The molecule has 1 aromatic rings. The fourth-order valence-electron chi connectivity index (χ4n) is 6.08. The number of nitrogens with zero attached hydrogens (tertiary/aromatic N) is 1. The van der Waals surface area contributed by atoms with Crippen molar-refractivity contribution in [2.24, 2.45) is 28.3 Å². The zero-order chi connectivity index (χ0) is 19.0. The molecule has 27 heavy (non-hydrogen) atoms. The molecule has 4 bridgehead atoms. The summed E-state index contributed by atoms with van der Waals surface area (Å²) in [4.78, 5) is 12.5. The van der Waals surface area contributed by atoms with Gasteiger partial charge in [0, 0.05) is 6.42 Å². The Balaban J connectivity index is 1.38. The number of benzene rings is 1. The Morgan fingerprint density at radius 1 is 1.19 bits per heavy atom. The molecule has 5 nitrogen and oxygen atoms in total. The van der Waals surface area contributed by atoms with Gasteiger partial charge in [-0.3, -0.25) is 4.79 Å². The molecule has 146 valence electrons. The highest BCUT2D eigenvalue weighted by Gasteiger charge is 2.51. The molecule has 1 N–H and O–H groups in total. The van der Waals surface area contributed by atoms with Crippen LogP contribution in [0.1, 0.15) is 50.5 Å². The van der Waals surface area contributed by atoms with Gasteiger partial charge in [0.05, 0.1) is 25.5 Å². The minimum atomic E-state index is 0.0137. The molecule has 4 aliphatic carbocycles. The molecule has 0 heterocycles. The van der Waals surface area contributed by atoms with E-state index < -0.39 is 0 Å². The number of rotatable bonds is 6. The smallest absolute Gasteiger partial charge is 0.240 e. The van der Waals surface area contributed by atoms with Crippen molar-refractivity contribution < 1.29 is 14.3 Å². The second-order valence-electron chi connectivity index (χ2n) is 8.63. The van der Waals surface area contributed by atoms with Crippen molar-refractivity contribution in [1.29, 1.82) is 0 Å². The molecule has 0 unspecified atom stereocenters. The number of carbonyl (C=O) groups excluding carboxylic acids is 1. The molecule has 4 aliphatic rings. The Bertz CT molecular complexity index is 727. The third kappa shape index (κ3) is 3.79. The molecular formula is C21H27ClN2O3. The van der Waals surface area contributed by atoms with Crippen molar-refractivity contribution in [3.8, 4) is 11.5 Å². The van der Waals surface area contributed by atoms with Crippen molar-refractivity contribution >= 4 is 23.7 Å². The summed E-state index contributed by atoms with van der Waals surface area (Å²) >= 11 is 6.20. The first kappa shape index (κ1) is 18.6. The number of ether oxygens (including phenoxy) is 2. The van der Waals surface area contributed by atoms with Gasteiger partial charge in [-0.25, -0.2) is 5.43 Å². The largest absolute Gasteiger partial charge is 0.493 e. The fraction of sp³-hybridized carbons (Fsp3) is 0.619. The van der Waals surface area contributed by atoms with Crippen LogP contribution in [0, 0.1) is 23.2 Å². The average Bonchev–Trinajstić information content (AvgIpc) is 2.59. The number of nitrogens with one attached hydrogen (secondary N) is 1. The lowest BCUT2D eigenvalue weighted by molar-refractivity contribution is -0.129. The lowest BCUT2D eigenvalue weighted by Gasteiger charge is -2.56. The van der Waals surface area contributed by atoms with E-state index in [1.165, 1.54) is 38.5 Å². The SMILES string of the molecule is COc1cc(/C=N\NC(=O)CC23CC4CC(CC(C4)C2)C3)cc(Cl)c1OC. The van der Waals surface area contributed by atoms with Crippen LogP contribution < -0.4 is 14.9 Å². The topological polar surface area (TPSA) is 59.9 Å². The van der Waals surface area contributed by atoms with Gasteiger partial charge >= 0.3 is 0 Å². The summed E-state index contributed by atoms with van der Waals surface area (Å²) in [6.07, 6.45) is 10.0. The highest BCUT2D eigenvalue weighted by Crippen LogP contribution is 2.61. The molecule has 0 atom stereocenters. The summed E-state index contributed by atoms with van der Waals surface area (Å²) < 4.78 is 10.5. The van der Waals surface area contributed by atoms with Crippen molar-refractivity contribution in [2.75, 3.05) is 14.2 Å². The van der Waals surface area contributed by atoms with Gasteiger partial charge in [-0.15, -0.1) is 0 Å². The third-order valence-electron chi connectivity index (χ3n) is 6.56. The number of halogens is 1. The van der Waals surface area contributed by atoms with Crippen LogP contribution in [0.5, 0.6) is 11.5 Å². The third-order valence-corrected chi connectivity index (χ3v) is 6.84. The van der Waals surface area contributed by atoms with Crippen molar-refractivity contribution in [3.05, 3.63) is 22.7 Å². The first-order chi connectivity index (χ1) is 13.0. The quantitative estimate of drug-likeness (QED) is 0.578. The number of methoxy groups -OCH3 is 2. The number of amides is 1. The molecule has 0 radical (unpaired) electrons. The minimum absolute atomic E-state index is 0.0137. The van der Waals surface area contributed by atoms with Crippen LogP contribution in [0.4, 0.5) is 0 Å². The molecule has 1 aromatic carbocycles. The predicted octanol–water partition coefficient (Wildman–Crippen LogP) is 4.41. The summed E-state index contributed by atoms with van der Waals surface area (Å²) in [6.45, 7) is 0. The maximum absolute atomic E-state index is 12.5. The molecule has 4 saturated carbocycles. The Morgan fingerprint density at radius 3 is 2.37 bits per heavy atom. The number of hydrazone groups is 1. The Morgan fingerprint density at radius 2 is 1.81 bits per heavy atom. The van der Waals surface area contributed by atoms with Gasteiger partial charge in [0.2, 0.25) is 5.91 Å². The summed E-state index contributed by atoms with van der Waals surface area (Å²) in [6, 6.07) is 3.51. The van der Waals surface area contributed by atoms with Crippen LogP contribution in [-0.2, 0) is 4.79 Å². The van der Waals surface area contributed by atoms with E-state index in [4.69, 9.17) is 21.1 Å². The standard InChI is InChI=1S/C21H27ClN2O3/c1-26-18-7-16(6-17(22)20(18)27-2)12-23-24-19(25)11-21-8-13-3-14(9-21)5-15(4-13)10-21/h6-7,12-15H,3-5,8-11H2,1-2H3,(H,24,25)/b23-12-. The first-order valence-electron chi connectivity index (χ1n) is 9.74. The van der Waals surface area contributed by atoms with Crippen LogP contribution in [0.15, 0.2) is 17.2 Å². The van der Waals surface area contributed by atoms with Gasteiger partial charge < -0.3 is 9.47 Å². The Labute approximate surface area is 165 Å².